The first-order valence-electron chi connectivity index (χ1n) is 6.97. The Bertz CT molecular complexity index is 587. The predicted molar refractivity (Wildman–Crippen MR) is 83.5 cm³/mol. The Kier molecular flexibility index (Phi) is 5.20. The number of thiophene rings is 1. The number of hydrogen-bond acceptors (Lipinski definition) is 5. The zero-order valence-electron chi connectivity index (χ0n) is 12.8. The van der Waals surface area contributed by atoms with Crippen LogP contribution in [0.2, 0.25) is 0 Å². The summed E-state index contributed by atoms with van der Waals surface area (Å²) in [6.07, 6.45) is 0. The quantitative estimate of drug-likeness (QED) is 0.822. The molecule has 5 heteroatoms. The summed E-state index contributed by atoms with van der Waals surface area (Å²) in [5, 5.41) is 5.58. The van der Waals surface area contributed by atoms with Gasteiger partial charge in [0.15, 0.2) is 0 Å². The van der Waals surface area contributed by atoms with Crippen molar-refractivity contribution in [1.82, 2.24) is 5.32 Å². The van der Waals surface area contributed by atoms with E-state index in [0.717, 1.165) is 5.76 Å². The molecule has 2 aromatic heterocycles. The lowest BCUT2D eigenvalue weighted by Gasteiger charge is -2.20. The Labute approximate surface area is 129 Å². The van der Waals surface area contributed by atoms with Crippen molar-refractivity contribution in [3.63, 3.8) is 0 Å². The minimum absolute atomic E-state index is 0.275. The lowest BCUT2D eigenvalue weighted by atomic mass is 10.0. The van der Waals surface area contributed by atoms with E-state index in [0.29, 0.717) is 23.8 Å². The molecule has 0 aliphatic carbocycles. The lowest BCUT2D eigenvalue weighted by molar-refractivity contribution is 0.0599. The number of esters is 1. The molecular weight excluding hydrogens is 286 g/mol. The van der Waals surface area contributed by atoms with E-state index in [-0.39, 0.29) is 12.0 Å². The van der Waals surface area contributed by atoms with Crippen molar-refractivity contribution < 1.29 is 13.9 Å². The summed E-state index contributed by atoms with van der Waals surface area (Å²) in [5.74, 6) is 1.45. The van der Waals surface area contributed by atoms with Crippen LogP contribution in [0.25, 0.3) is 0 Å². The summed E-state index contributed by atoms with van der Waals surface area (Å²) in [6, 6.07) is 6.22. The van der Waals surface area contributed by atoms with E-state index in [2.05, 4.69) is 36.7 Å². The van der Waals surface area contributed by atoms with E-state index in [4.69, 9.17) is 9.15 Å². The van der Waals surface area contributed by atoms with E-state index < -0.39 is 0 Å². The van der Waals surface area contributed by atoms with Crippen LogP contribution in [0.3, 0.4) is 0 Å². The first-order valence-corrected chi connectivity index (χ1v) is 7.85. The molecule has 2 heterocycles. The van der Waals surface area contributed by atoms with Crippen molar-refractivity contribution in [2.75, 3.05) is 7.11 Å². The van der Waals surface area contributed by atoms with Gasteiger partial charge in [0.25, 0.3) is 0 Å². The molecule has 114 valence electrons. The van der Waals surface area contributed by atoms with Crippen molar-refractivity contribution in [1.29, 1.82) is 0 Å². The summed E-state index contributed by atoms with van der Waals surface area (Å²) in [7, 11) is 1.37. The number of carbonyl (C=O) groups is 1. The van der Waals surface area contributed by atoms with Crippen molar-refractivity contribution in [3.05, 3.63) is 45.5 Å². The molecule has 0 amide bonds. The maximum atomic E-state index is 11.6. The van der Waals surface area contributed by atoms with E-state index >= 15 is 0 Å². The summed E-state index contributed by atoms with van der Waals surface area (Å²) < 4.78 is 10.4. The molecule has 0 spiro atoms. The van der Waals surface area contributed by atoms with Crippen LogP contribution >= 0.6 is 11.3 Å². The van der Waals surface area contributed by atoms with E-state index in [1.807, 2.05) is 0 Å². The third-order valence-corrected chi connectivity index (χ3v) is 4.34. The molecule has 2 aromatic rings. The second-order valence-electron chi connectivity index (χ2n) is 5.29. The highest BCUT2D eigenvalue weighted by molar-refractivity contribution is 7.10. The standard InChI is InChI=1S/C16H21NO3S/c1-10(2)15(14-6-5-7-21-14)17-9-12-8-13(11(3)20-12)16(18)19-4/h5-8,10,15,17H,9H2,1-4H3. The highest BCUT2D eigenvalue weighted by Crippen LogP contribution is 2.26. The van der Waals surface area contributed by atoms with Gasteiger partial charge in [0, 0.05) is 10.9 Å². The number of hydrogen-bond donors (Lipinski definition) is 1. The maximum absolute atomic E-state index is 11.6. The van der Waals surface area contributed by atoms with E-state index in [1.165, 1.54) is 12.0 Å². The average Bonchev–Trinajstić information content (AvgIpc) is 3.08. The summed E-state index contributed by atoms with van der Waals surface area (Å²) in [4.78, 5) is 12.9. The van der Waals surface area contributed by atoms with Crippen molar-refractivity contribution in [2.45, 2.75) is 33.4 Å². The summed E-state index contributed by atoms with van der Waals surface area (Å²) >= 11 is 1.74. The Morgan fingerprint density at radius 2 is 2.24 bits per heavy atom. The molecule has 0 bridgehead atoms. The Hall–Kier alpha value is -1.59. The number of rotatable bonds is 6. The van der Waals surface area contributed by atoms with Gasteiger partial charge in [0.2, 0.25) is 0 Å². The predicted octanol–water partition coefficient (Wildman–Crippen LogP) is 3.92. The minimum atomic E-state index is -0.360. The molecule has 2 rings (SSSR count). The van der Waals surface area contributed by atoms with Crippen LogP contribution < -0.4 is 5.32 Å². The van der Waals surface area contributed by atoms with Crippen molar-refractivity contribution in [2.24, 2.45) is 5.92 Å². The number of carbonyl (C=O) groups excluding carboxylic acids is 1. The summed E-state index contributed by atoms with van der Waals surface area (Å²) in [5.41, 5.74) is 0.492. The van der Waals surface area contributed by atoms with Gasteiger partial charge in [-0.25, -0.2) is 4.79 Å². The molecule has 0 saturated carbocycles. The van der Waals surface area contributed by atoms with Crippen LogP contribution in [0.5, 0.6) is 0 Å². The first-order chi connectivity index (χ1) is 10.0. The van der Waals surface area contributed by atoms with Gasteiger partial charge in [0.1, 0.15) is 17.1 Å². The molecule has 1 atom stereocenters. The van der Waals surface area contributed by atoms with Crippen LogP contribution in [0.15, 0.2) is 28.0 Å². The van der Waals surface area contributed by atoms with Crippen LogP contribution in [0.4, 0.5) is 0 Å². The summed E-state index contributed by atoms with van der Waals surface area (Å²) in [6.45, 7) is 6.73. The van der Waals surface area contributed by atoms with Crippen LogP contribution in [-0.4, -0.2) is 13.1 Å². The van der Waals surface area contributed by atoms with Gasteiger partial charge in [0.05, 0.1) is 13.7 Å². The molecule has 0 saturated heterocycles. The highest BCUT2D eigenvalue weighted by Gasteiger charge is 2.19. The number of furan rings is 1. The Balaban J connectivity index is 2.06. The molecule has 4 nitrogen and oxygen atoms in total. The molecule has 0 aliphatic heterocycles. The lowest BCUT2D eigenvalue weighted by Crippen LogP contribution is -2.24. The van der Waals surface area contributed by atoms with Crippen LogP contribution in [0, 0.1) is 12.8 Å². The first kappa shape index (κ1) is 15.8. The van der Waals surface area contributed by atoms with E-state index in [9.17, 15) is 4.79 Å². The number of ether oxygens (including phenoxy) is 1. The van der Waals surface area contributed by atoms with Crippen molar-refractivity contribution in [3.8, 4) is 0 Å². The maximum Gasteiger partial charge on any atom is 0.341 e. The molecule has 0 fully saturated rings. The largest absolute Gasteiger partial charge is 0.465 e. The third-order valence-electron chi connectivity index (χ3n) is 3.39. The monoisotopic (exact) mass is 307 g/mol. The van der Waals surface area contributed by atoms with Gasteiger partial charge < -0.3 is 14.5 Å². The normalized spacial score (nSPS) is 12.6. The van der Waals surface area contributed by atoms with Crippen LogP contribution in [0.1, 0.15) is 46.6 Å². The van der Waals surface area contributed by atoms with Gasteiger partial charge in [-0.2, -0.15) is 0 Å². The zero-order chi connectivity index (χ0) is 15.4. The fraction of sp³-hybridized carbons (Fsp3) is 0.438. The second-order valence-corrected chi connectivity index (χ2v) is 6.27. The Morgan fingerprint density at radius 1 is 1.48 bits per heavy atom. The fourth-order valence-electron chi connectivity index (χ4n) is 2.29. The molecule has 0 aromatic carbocycles. The molecule has 21 heavy (non-hydrogen) atoms. The van der Waals surface area contributed by atoms with Gasteiger partial charge in [-0.15, -0.1) is 11.3 Å². The third kappa shape index (κ3) is 3.74. The molecule has 0 radical (unpaired) electrons. The van der Waals surface area contributed by atoms with Crippen LogP contribution in [-0.2, 0) is 11.3 Å². The van der Waals surface area contributed by atoms with Gasteiger partial charge in [-0.05, 0) is 30.4 Å². The second kappa shape index (κ2) is 6.91. The van der Waals surface area contributed by atoms with Crippen molar-refractivity contribution >= 4 is 17.3 Å². The fourth-order valence-corrected chi connectivity index (χ4v) is 3.26. The molecule has 1 N–H and O–H groups in total. The zero-order valence-corrected chi connectivity index (χ0v) is 13.6. The SMILES string of the molecule is COC(=O)c1cc(CNC(c2cccs2)C(C)C)oc1C. The number of nitrogens with one attached hydrogen (secondary N) is 1. The molecule has 0 aliphatic rings. The topological polar surface area (TPSA) is 51.5 Å². The molecule has 1 unspecified atom stereocenters. The number of methoxy groups -OCH3 is 1. The molecular formula is C16H21NO3S. The minimum Gasteiger partial charge on any atom is -0.465 e. The number of aryl methyl sites for hydroxylation is 1. The van der Waals surface area contributed by atoms with Gasteiger partial charge in [-0.1, -0.05) is 19.9 Å². The Morgan fingerprint density at radius 3 is 2.81 bits per heavy atom. The van der Waals surface area contributed by atoms with Gasteiger partial charge in [-0.3, -0.25) is 0 Å². The highest BCUT2D eigenvalue weighted by atomic mass is 32.1. The van der Waals surface area contributed by atoms with E-state index in [1.54, 1.807) is 24.3 Å². The smallest absolute Gasteiger partial charge is 0.341 e. The average molecular weight is 307 g/mol. The van der Waals surface area contributed by atoms with Gasteiger partial charge >= 0.3 is 5.97 Å².